The maximum absolute atomic E-state index is 4.03. The van der Waals surface area contributed by atoms with Crippen molar-refractivity contribution in [1.29, 1.82) is 0 Å². The summed E-state index contributed by atoms with van der Waals surface area (Å²) in [5.74, 6) is 0. The second-order valence-corrected chi connectivity index (χ2v) is 6.43. The lowest BCUT2D eigenvalue weighted by atomic mass is 10.1. The Balaban J connectivity index is 2.25. The molecular formula is C11H14BrN3S. The monoisotopic (exact) mass is 299 g/mol. The van der Waals surface area contributed by atoms with Crippen LogP contribution < -0.4 is 4.72 Å². The Hall–Kier alpha value is -0.520. The van der Waals surface area contributed by atoms with Gasteiger partial charge >= 0.3 is 0 Å². The number of aromatic nitrogens is 2. The standard InChI is InChI=1S/C11H14BrN3S/c1-11(2,3)15-16-8-4-7-6-13-14-10(7)9(12)5-8/h4-6,15H,1-3H3,(H,13,14). The summed E-state index contributed by atoms with van der Waals surface area (Å²) in [4.78, 5) is 1.18. The fourth-order valence-electron chi connectivity index (χ4n) is 1.26. The zero-order valence-corrected chi connectivity index (χ0v) is 11.9. The van der Waals surface area contributed by atoms with Gasteiger partial charge in [0.05, 0.1) is 11.7 Å². The van der Waals surface area contributed by atoms with E-state index in [1.165, 1.54) is 4.90 Å². The molecule has 86 valence electrons. The molecule has 1 aromatic heterocycles. The molecule has 2 N–H and O–H groups in total. The van der Waals surface area contributed by atoms with Crippen LogP contribution in [0.3, 0.4) is 0 Å². The molecule has 16 heavy (non-hydrogen) atoms. The number of benzene rings is 1. The van der Waals surface area contributed by atoms with Gasteiger partial charge in [-0.1, -0.05) is 0 Å². The van der Waals surface area contributed by atoms with Crippen molar-refractivity contribution in [1.82, 2.24) is 14.9 Å². The third kappa shape index (κ3) is 2.78. The van der Waals surface area contributed by atoms with Crippen LogP contribution in [0.4, 0.5) is 0 Å². The Morgan fingerprint density at radius 1 is 1.38 bits per heavy atom. The average molecular weight is 300 g/mol. The first kappa shape index (κ1) is 12.0. The highest BCUT2D eigenvalue weighted by Gasteiger charge is 2.10. The maximum Gasteiger partial charge on any atom is 0.0793 e. The first-order valence-corrected chi connectivity index (χ1v) is 6.63. The quantitative estimate of drug-likeness (QED) is 0.830. The van der Waals surface area contributed by atoms with Gasteiger partial charge < -0.3 is 0 Å². The van der Waals surface area contributed by atoms with Gasteiger partial charge in [0, 0.05) is 20.3 Å². The van der Waals surface area contributed by atoms with Crippen LogP contribution in [-0.2, 0) is 0 Å². The van der Waals surface area contributed by atoms with Crippen LogP contribution >= 0.6 is 27.9 Å². The predicted molar refractivity (Wildman–Crippen MR) is 72.5 cm³/mol. The minimum atomic E-state index is 0.0997. The number of hydrogen-bond donors (Lipinski definition) is 2. The fourth-order valence-corrected chi connectivity index (χ4v) is 2.76. The van der Waals surface area contributed by atoms with E-state index < -0.39 is 0 Å². The van der Waals surface area contributed by atoms with Gasteiger partial charge in [0.1, 0.15) is 0 Å². The van der Waals surface area contributed by atoms with Crippen molar-refractivity contribution in [2.24, 2.45) is 0 Å². The van der Waals surface area contributed by atoms with Crippen LogP contribution in [0.1, 0.15) is 20.8 Å². The molecule has 0 saturated heterocycles. The van der Waals surface area contributed by atoms with E-state index in [4.69, 9.17) is 0 Å². The van der Waals surface area contributed by atoms with Crippen molar-refractivity contribution in [3.05, 3.63) is 22.8 Å². The maximum atomic E-state index is 4.03. The molecule has 2 aromatic rings. The van der Waals surface area contributed by atoms with Gasteiger partial charge in [-0.25, -0.2) is 0 Å². The highest BCUT2D eigenvalue weighted by molar-refractivity contribution is 9.10. The van der Waals surface area contributed by atoms with Crippen molar-refractivity contribution in [3.63, 3.8) is 0 Å². The van der Waals surface area contributed by atoms with Crippen LogP contribution in [0.15, 0.2) is 27.7 Å². The smallest absolute Gasteiger partial charge is 0.0793 e. The van der Waals surface area contributed by atoms with Gasteiger partial charge in [-0.2, -0.15) is 5.10 Å². The van der Waals surface area contributed by atoms with Gasteiger partial charge in [0.15, 0.2) is 0 Å². The summed E-state index contributed by atoms with van der Waals surface area (Å²) in [7, 11) is 0. The predicted octanol–water partition coefficient (Wildman–Crippen LogP) is 3.72. The summed E-state index contributed by atoms with van der Waals surface area (Å²) >= 11 is 5.17. The second-order valence-electron chi connectivity index (χ2n) is 4.69. The topological polar surface area (TPSA) is 40.7 Å². The van der Waals surface area contributed by atoms with E-state index >= 15 is 0 Å². The van der Waals surface area contributed by atoms with Gasteiger partial charge in [0.2, 0.25) is 0 Å². The molecule has 0 aliphatic heterocycles. The van der Waals surface area contributed by atoms with Crippen LogP contribution in [0.5, 0.6) is 0 Å². The molecule has 0 amide bonds. The highest BCUT2D eigenvalue weighted by Crippen LogP contribution is 2.28. The number of nitrogens with one attached hydrogen (secondary N) is 2. The molecule has 5 heteroatoms. The molecular weight excluding hydrogens is 286 g/mol. The van der Waals surface area contributed by atoms with Crippen LogP contribution in [0.25, 0.3) is 10.9 Å². The van der Waals surface area contributed by atoms with E-state index in [1.807, 2.05) is 6.20 Å². The minimum Gasteiger partial charge on any atom is -0.277 e. The molecule has 0 unspecified atom stereocenters. The third-order valence-electron chi connectivity index (χ3n) is 1.95. The second kappa shape index (κ2) is 4.39. The molecule has 1 aromatic carbocycles. The molecule has 0 spiro atoms. The van der Waals surface area contributed by atoms with Gasteiger partial charge in [-0.3, -0.25) is 9.82 Å². The van der Waals surface area contributed by atoms with Crippen molar-refractivity contribution < 1.29 is 0 Å². The third-order valence-corrected chi connectivity index (χ3v) is 3.76. The Bertz CT molecular complexity index is 501. The number of aromatic amines is 1. The molecule has 2 rings (SSSR count). The molecule has 0 atom stereocenters. The first-order valence-electron chi connectivity index (χ1n) is 5.02. The van der Waals surface area contributed by atoms with Crippen molar-refractivity contribution in [2.75, 3.05) is 0 Å². The molecule has 3 nitrogen and oxygen atoms in total. The number of fused-ring (bicyclic) bond motifs is 1. The largest absolute Gasteiger partial charge is 0.277 e. The summed E-state index contributed by atoms with van der Waals surface area (Å²) in [6, 6.07) is 4.21. The summed E-state index contributed by atoms with van der Waals surface area (Å²) in [6.45, 7) is 6.43. The van der Waals surface area contributed by atoms with E-state index in [0.717, 1.165) is 15.4 Å². The van der Waals surface area contributed by atoms with Crippen LogP contribution in [0, 0.1) is 0 Å². The zero-order chi connectivity index (χ0) is 11.8. The first-order chi connectivity index (χ1) is 7.46. The average Bonchev–Trinajstić information content (AvgIpc) is 2.62. The van der Waals surface area contributed by atoms with Crippen LogP contribution in [0.2, 0.25) is 0 Å². The number of nitrogens with zero attached hydrogens (tertiary/aromatic N) is 1. The Labute approximate surface area is 108 Å². The summed E-state index contributed by atoms with van der Waals surface area (Å²) in [5.41, 5.74) is 1.14. The Morgan fingerprint density at radius 2 is 2.12 bits per heavy atom. The lowest BCUT2D eigenvalue weighted by molar-refractivity contribution is 0.535. The van der Waals surface area contributed by atoms with E-state index in [-0.39, 0.29) is 5.54 Å². The van der Waals surface area contributed by atoms with Gasteiger partial charge in [-0.15, -0.1) is 0 Å². The van der Waals surface area contributed by atoms with Crippen molar-refractivity contribution in [3.8, 4) is 0 Å². The zero-order valence-electron chi connectivity index (χ0n) is 9.47. The molecule has 1 heterocycles. The molecule has 0 aliphatic carbocycles. The molecule has 0 fully saturated rings. The lowest BCUT2D eigenvalue weighted by Gasteiger charge is -2.19. The van der Waals surface area contributed by atoms with E-state index in [0.29, 0.717) is 0 Å². The van der Waals surface area contributed by atoms with Gasteiger partial charge in [0.25, 0.3) is 0 Å². The summed E-state index contributed by atoms with van der Waals surface area (Å²) < 4.78 is 4.43. The molecule has 0 saturated carbocycles. The number of H-pyrrole nitrogens is 1. The SMILES string of the molecule is CC(C)(C)NSc1cc(Br)c2[nH]ncc2c1. The van der Waals surface area contributed by atoms with Gasteiger partial charge in [-0.05, 0) is 60.8 Å². The summed E-state index contributed by atoms with van der Waals surface area (Å²) in [6.07, 6.45) is 1.83. The fraction of sp³-hybridized carbons (Fsp3) is 0.364. The Morgan fingerprint density at radius 3 is 2.81 bits per heavy atom. The summed E-state index contributed by atoms with van der Waals surface area (Å²) in [5, 5.41) is 8.11. The molecule has 0 bridgehead atoms. The molecule has 0 radical (unpaired) electrons. The van der Waals surface area contributed by atoms with Crippen LogP contribution in [-0.4, -0.2) is 15.7 Å². The van der Waals surface area contributed by atoms with Crippen molar-refractivity contribution >= 4 is 38.8 Å². The number of halogens is 1. The molecule has 0 aliphatic rings. The lowest BCUT2D eigenvalue weighted by Crippen LogP contribution is -2.29. The number of rotatable bonds is 2. The van der Waals surface area contributed by atoms with Crippen molar-refractivity contribution in [2.45, 2.75) is 31.2 Å². The van der Waals surface area contributed by atoms with E-state index in [9.17, 15) is 0 Å². The Kier molecular flexibility index (Phi) is 3.28. The van der Waals surface area contributed by atoms with E-state index in [2.05, 4.69) is 63.8 Å². The normalized spacial score (nSPS) is 12.2. The van der Waals surface area contributed by atoms with E-state index in [1.54, 1.807) is 11.9 Å². The minimum absolute atomic E-state index is 0.0997. The highest BCUT2D eigenvalue weighted by atomic mass is 79.9. The number of hydrogen-bond acceptors (Lipinski definition) is 3.